The number of nitrogens with zero attached hydrogens (tertiary/aromatic N) is 5. The summed E-state index contributed by atoms with van der Waals surface area (Å²) < 4.78 is 3.69. The lowest BCUT2D eigenvalue weighted by Gasteiger charge is -2.05. The summed E-state index contributed by atoms with van der Waals surface area (Å²) in [4.78, 5) is 8.57. The highest BCUT2D eigenvalue weighted by Crippen LogP contribution is 2.21. The molecule has 0 atom stereocenters. The fraction of sp³-hybridized carbons (Fsp3) is 0.250. The van der Waals surface area contributed by atoms with Gasteiger partial charge in [0.05, 0.1) is 17.8 Å². The van der Waals surface area contributed by atoms with E-state index in [9.17, 15) is 0 Å². The highest BCUT2D eigenvalue weighted by molar-refractivity contribution is 6.31. The zero-order chi connectivity index (χ0) is 13.6. The number of imidazole rings is 1. The molecule has 3 aromatic rings. The van der Waals surface area contributed by atoms with Gasteiger partial charge in [-0.05, 0) is 13.0 Å². The standard InChI is InChI=1S/C12H13ClN6/c1-7-8(4-16-18(7)2)6-19-11-10(17-12(19)14)3-9(13)5-15-11/h3-5H,6H2,1-2H3,(H2,14,17). The summed E-state index contributed by atoms with van der Waals surface area (Å²) in [5.74, 6) is 0.424. The Labute approximate surface area is 114 Å². The fourth-order valence-electron chi connectivity index (χ4n) is 2.03. The third-order valence-corrected chi connectivity index (χ3v) is 3.45. The van der Waals surface area contributed by atoms with Crippen LogP contribution in [0.5, 0.6) is 0 Å². The van der Waals surface area contributed by atoms with Crippen molar-refractivity contribution in [2.24, 2.45) is 7.05 Å². The molecule has 2 N–H and O–H groups in total. The Morgan fingerprint density at radius 3 is 2.84 bits per heavy atom. The lowest BCUT2D eigenvalue weighted by molar-refractivity contribution is 0.733. The SMILES string of the molecule is Cc1c(Cn2c(N)nc3cc(Cl)cnc32)cnn1C. The average Bonchev–Trinajstić information content (AvgIpc) is 2.84. The van der Waals surface area contributed by atoms with Crippen molar-refractivity contribution in [2.45, 2.75) is 13.5 Å². The molecule has 0 aliphatic rings. The molecule has 98 valence electrons. The molecule has 19 heavy (non-hydrogen) atoms. The molecule has 0 spiro atoms. The quantitative estimate of drug-likeness (QED) is 0.774. The molecule has 0 unspecified atom stereocenters. The number of hydrogen-bond acceptors (Lipinski definition) is 4. The molecule has 0 aromatic carbocycles. The lowest BCUT2D eigenvalue weighted by Crippen LogP contribution is -2.06. The first-order chi connectivity index (χ1) is 9.06. The Morgan fingerprint density at radius 1 is 1.37 bits per heavy atom. The molecular formula is C12H13ClN6. The van der Waals surface area contributed by atoms with Gasteiger partial charge in [0.1, 0.15) is 5.52 Å². The molecule has 3 heterocycles. The van der Waals surface area contributed by atoms with Crippen molar-refractivity contribution < 1.29 is 0 Å². The van der Waals surface area contributed by atoms with Crippen molar-refractivity contribution in [1.29, 1.82) is 0 Å². The summed E-state index contributed by atoms with van der Waals surface area (Å²) in [5, 5.41) is 4.77. The van der Waals surface area contributed by atoms with Gasteiger partial charge in [0.25, 0.3) is 0 Å². The van der Waals surface area contributed by atoms with Gasteiger partial charge in [0.15, 0.2) is 5.65 Å². The van der Waals surface area contributed by atoms with Gasteiger partial charge in [-0.15, -0.1) is 0 Å². The monoisotopic (exact) mass is 276 g/mol. The topological polar surface area (TPSA) is 74.6 Å². The van der Waals surface area contributed by atoms with Gasteiger partial charge in [-0.1, -0.05) is 11.6 Å². The Morgan fingerprint density at radius 2 is 2.16 bits per heavy atom. The second-order valence-corrected chi connectivity index (χ2v) is 4.87. The van der Waals surface area contributed by atoms with Crippen molar-refractivity contribution in [3.05, 3.63) is 34.7 Å². The average molecular weight is 277 g/mol. The maximum absolute atomic E-state index is 5.95. The smallest absolute Gasteiger partial charge is 0.202 e. The van der Waals surface area contributed by atoms with E-state index in [0.29, 0.717) is 23.0 Å². The van der Waals surface area contributed by atoms with Crippen molar-refractivity contribution >= 4 is 28.7 Å². The number of aromatic nitrogens is 5. The van der Waals surface area contributed by atoms with E-state index in [4.69, 9.17) is 17.3 Å². The van der Waals surface area contributed by atoms with E-state index in [0.717, 1.165) is 16.9 Å². The van der Waals surface area contributed by atoms with E-state index < -0.39 is 0 Å². The van der Waals surface area contributed by atoms with Crippen LogP contribution in [-0.4, -0.2) is 24.3 Å². The van der Waals surface area contributed by atoms with E-state index in [1.807, 2.05) is 29.4 Å². The van der Waals surface area contributed by atoms with Crippen LogP contribution in [0.1, 0.15) is 11.3 Å². The number of halogens is 1. The number of nitrogen functional groups attached to an aromatic ring is 1. The highest BCUT2D eigenvalue weighted by atomic mass is 35.5. The molecule has 3 rings (SSSR count). The minimum Gasteiger partial charge on any atom is -0.369 e. The zero-order valence-electron chi connectivity index (χ0n) is 10.6. The third kappa shape index (κ3) is 1.94. The van der Waals surface area contributed by atoms with Crippen LogP contribution in [0, 0.1) is 6.92 Å². The first kappa shape index (κ1) is 12.0. The van der Waals surface area contributed by atoms with Crippen molar-refractivity contribution in [3.63, 3.8) is 0 Å². The minimum atomic E-state index is 0.424. The molecule has 0 fully saturated rings. The Balaban J connectivity index is 2.10. The van der Waals surface area contributed by atoms with Crippen molar-refractivity contribution in [1.82, 2.24) is 24.3 Å². The molecule has 3 aromatic heterocycles. The Bertz CT molecular complexity index is 757. The zero-order valence-corrected chi connectivity index (χ0v) is 11.4. The number of anilines is 1. The summed E-state index contributed by atoms with van der Waals surface area (Å²) >= 11 is 5.90. The maximum atomic E-state index is 5.95. The minimum absolute atomic E-state index is 0.424. The maximum Gasteiger partial charge on any atom is 0.202 e. The van der Waals surface area contributed by atoms with Crippen LogP contribution in [0.15, 0.2) is 18.5 Å². The van der Waals surface area contributed by atoms with Gasteiger partial charge < -0.3 is 5.73 Å². The van der Waals surface area contributed by atoms with Gasteiger partial charge >= 0.3 is 0 Å². The number of pyridine rings is 1. The molecule has 7 heteroatoms. The second kappa shape index (κ2) is 4.24. The van der Waals surface area contributed by atoms with Crippen LogP contribution in [0.2, 0.25) is 5.02 Å². The van der Waals surface area contributed by atoms with E-state index in [1.165, 1.54) is 0 Å². The summed E-state index contributed by atoms with van der Waals surface area (Å²) in [7, 11) is 1.91. The highest BCUT2D eigenvalue weighted by Gasteiger charge is 2.12. The van der Waals surface area contributed by atoms with Gasteiger partial charge in [-0.25, -0.2) is 9.97 Å². The third-order valence-electron chi connectivity index (χ3n) is 3.25. The molecule has 0 bridgehead atoms. The van der Waals surface area contributed by atoms with Crippen molar-refractivity contribution in [3.8, 4) is 0 Å². The van der Waals surface area contributed by atoms with Gasteiger partial charge in [-0.2, -0.15) is 5.10 Å². The number of rotatable bonds is 2. The van der Waals surface area contributed by atoms with E-state index >= 15 is 0 Å². The summed E-state index contributed by atoms with van der Waals surface area (Å²) in [6.07, 6.45) is 3.42. The molecular weight excluding hydrogens is 264 g/mol. The fourth-order valence-corrected chi connectivity index (χ4v) is 2.18. The molecule has 0 aliphatic carbocycles. The van der Waals surface area contributed by atoms with E-state index in [2.05, 4.69) is 15.1 Å². The molecule has 0 saturated heterocycles. The lowest BCUT2D eigenvalue weighted by atomic mass is 10.2. The van der Waals surface area contributed by atoms with Crippen LogP contribution < -0.4 is 5.73 Å². The predicted molar refractivity (Wildman–Crippen MR) is 74.0 cm³/mol. The molecule has 6 nitrogen and oxygen atoms in total. The molecule has 0 radical (unpaired) electrons. The van der Waals surface area contributed by atoms with Crippen LogP contribution >= 0.6 is 11.6 Å². The first-order valence-electron chi connectivity index (χ1n) is 5.81. The number of fused-ring (bicyclic) bond motifs is 1. The molecule has 0 aliphatic heterocycles. The van der Waals surface area contributed by atoms with E-state index in [-0.39, 0.29) is 0 Å². The number of nitrogens with two attached hydrogens (primary N) is 1. The van der Waals surface area contributed by atoms with Crippen LogP contribution in [0.3, 0.4) is 0 Å². The summed E-state index contributed by atoms with van der Waals surface area (Å²) in [6, 6.07) is 1.76. The Kier molecular flexibility index (Phi) is 2.67. The second-order valence-electron chi connectivity index (χ2n) is 4.43. The van der Waals surface area contributed by atoms with Crippen LogP contribution in [0.25, 0.3) is 11.2 Å². The summed E-state index contributed by atoms with van der Waals surface area (Å²) in [5.41, 5.74) is 9.56. The van der Waals surface area contributed by atoms with Gasteiger partial charge in [-0.3, -0.25) is 9.25 Å². The largest absolute Gasteiger partial charge is 0.369 e. The number of aryl methyl sites for hydroxylation is 1. The first-order valence-corrected chi connectivity index (χ1v) is 6.19. The van der Waals surface area contributed by atoms with Gasteiger partial charge in [0, 0.05) is 24.5 Å². The van der Waals surface area contributed by atoms with Gasteiger partial charge in [0.2, 0.25) is 5.95 Å². The normalized spacial score (nSPS) is 11.3. The van der Waals surface area contributed by atoms with Crippen LogP contribution in [0.4, 0.5) is 5.95 Å². The number of hydrogen-bond donors (Lipinski definition) is 1. The summed E-state index contributed by atoms with van der Waals surface area (Å²) in [6.45, 7) is 2.61. The molecule has 0 saturated carbocycles. The Hall–Kier alpha value is -2.08. The van der Waals surface area contributed by atoms with Crippen molar-refractivity contribution in [2.75, 3.05) is 5.73 Å². The van der Waals surface area contributed by atoms with E-state index in [1.54, 1.807) is 12.3 Å². The van der Waals surface area contributed by atoms with Crippen LogP contribution in [-0.2, 0) is 13.6 Å². The molecule has 0 amide bonds. The predicted octanol–water partition coefficient (Wildman–Crippen LogP) is 1.76.